The van der Waals surface area contributed by atoms with Crippen molar-refractivity contribution in [3.63, 3.8) is 0 Å². The molecule has 1 aromatic heterocycles. The number of aryl methyl sites for hydroxylation is 2. The Bertz CT molecular complexity index is 1250. The Hall–Kier alpha value is -3.81. The molecule has 0 fully saturated rings. The average Bonchev–Trinajstić information content (AvgIpc) is 3.20. The molecule has 0 saturated heterocycles. The fourth-order valence-corrected chi connectivity index (χ4v) is 3.66. The van der Waals surface area contributed by atoms with Gasteiger partial charge in [-0.1, -0.05) is 23.8 Å². The third-order valence-corrected chi connectivity index (χ3v) is 5.36. The molecule has 8 heteroatoms. The maximum atomic E-state index is 12.5. The van der Waals surface area contributed by atoms with E-state index in [2.05, 4.69) is 15.5 Å². The van der Waals surface area contributed by atoms with Gasteiger partial charge in [0.1, 0.15) is 11.5 Å². The highest BCUT2D eigenvalue weighted by Gasteiger charge is 2.15. The first kappa shape index (κ1) is 23.4. The van der Waals surface area contributed by atoms with Gasteiger partial charge in [0.05, 0.1) is 17.9 Å². The zero-order valence-corrected chi connectivity index (χ0v) is 18.5. The summed E-state index contributed by atoms with van der Waals surface area (Å²) in [4.78, 5) is 0. The predicted octanol–water partition coefficient (Wildman–Crippen LogP) is 7.09. The summed E-state index contributed by atoms with van der Waals surface area (Å²) in [6.07, 6.45) is 0. The van der Waals surface area contributed by atoms with Gasteiger partial charge in [0.15, 0.2) is 0 Å². The first-order chi connectivity index (χ1) is 16.3. The van der Waals surface area contributed by atoms with E-state index in [9.17, 15) is 17.6 Å². The van der Waals surface area contributed by atoms with Crippen LogP contribution in [0.2, 0.25) is 0 Å². The quantitative estimate of drug-likeness (QED) is 0.258. The van der Waals surface area contributed by atoms with E-state index in [-0.39, 0.29) is 11.5 Å². The van der Waals surface area contributed by atoms with Crippen molar-refractivity contribution in [2.24, 2.45) is 0 Å². The summed E-state index contributed by atoms with van der Waals surface area (Å²) in [5.74, 6) is 0.123. The Kier molecular flexibility index (Phi) is 6.86. The minimum Gasteiger partial charge on any atom is -0.435 e. The number of ether oxygens (including phenoxy) is 2. The lowest BCUT2D eigenvalue weighted by Gasteiger charge is -2.11. The van der Waals surface area contributed by atoms with Crippen LogP contribution in [0, 0.1) is 13.8 Å². The number of alkyl halides is 4. The third-order valence-electron chi connectivity index (χ3n) is 5.36. The van der Waals surface area contributed by atoms with Gasteiger partial charge >= 0.3 is 13.2 Å². The minimum atomic E-state index is -2.90. The van der Waals surface area contributed by atoms with Crippen molar-refractivity contribution in [1.82, 2.24) is 9.78 Å². The second-order valence-corrected chi connectivity index (χ2v) is 7.81. The minimum absolute atomic E-state index is 0.0587. The summed E-state index contributed by atoms with van der Waals surface area (Å²) in [6.45, 7) is -1.26. The van der Waals surface area contributed by atoms with Gasteiger partial charge in [-0.15, -0.1) is 0 Å². The van der Waals surface area contributed by atoms with Crippen LogP contribution in [0.4, 0.5) is 17.6 Å². The Balaban J connectivity index is 1.72. The van der Waals surface area contributed by atoms with E-state index < -0.39 is 13.2 Å². The van der Waals surface area contributed by atoms with Crippen molar-refractivity contribution in [1.29, 1.82) is 0 Å². The molecule has 34 heavy (non-hydrogen) atoms. The number of nitrogens with zero attached hydrogens (tertiary/aromatic N) is 2. The Labute approximate surface area is 194 Å². The smallest absolute Gasteiger partial charge is 0.387 e. The highest BCUT2D eigenvalue weighted by Crippen LogP contribution is 2.30. The van der Waals surface area contributed by atoms with E-state index in [1.807, 2.05) is 36.7 Å². The molecule has 4 nitrogen and oxygen atoms in total. The van der Waals surface area contributed by atoms with Crippen LogP contribution in [-0.4, -0.2) is 23.0 Å². The summed E-state index contributed by atoms with van der Waals surface area (Å²) in [6, 6.07) is 20.6. The van der Waals surface area contributed by atoms with E-state index >= 15 is 0 Å². The molecule has 1 heterocycles. The third kappa shape index (κ3) is 5.57. The number of benzene rings is 3. The van der Waals surface area contributed by atoms with Crippen LogP contribution in [-0.2, 0) is 6.54 Å². The van der Waals surface area contributed by atoms with Gasteiger partial charge in [-0.25, -0.2) is 0 Å². The zero-order chi connectivity index (χ0) is 24.2. The van der Waals surface area contributed by atoms with Crippen molar-refractivity contribution in [3.05, 3.63) is 89.5 Å². The molecule has 0 atom stereocenters. The van der Waals surface area contributed by atoms with Gasteiger partial charge < -0.3 is 9.47 Å². The fourth-order valence-electron chi connectivity index (χ4n) is 3.66. The van der Waals surface area contributed by atoms with Crippen molar-refractivity contribution < 1.29 is 27.0 Å². The highest BCUT2D eigenvalue weighted by atomic mass is 19.3. The number of hydrogen-bond acceptors (Lipinski definition) is 3. The second kappa shape index (κ2) is 9.99. The van der Waals surface area contributed by atoms with Crippen LogP contribution < -0.4 is 9.47 Å². The molecule has 4 aromatic rings. The number of halogens is 4. The maximum absolute atomic E-state index is 12.5. The van der Waals surface area contributed by atoms with Crippen LogP contribution in [0.5, 0.6) is 11.5 Å². The average molecular weight is 470 g/mol. The normalized spacial score (nSPS) is 11.3. The molecule has 176 valence electrons. The number of rotatable bonds is 8. The Morgan fingerprint density at radius 1 is 0.735 bits per heavy atom. The second-order valence-electron chi connectivity index (χ2n) is 7.81. The van der Waals surface area contributed by atoms with Crippen LogP contribution in [0.3, 0.4) is 0 Å². The number of hydrogen-bond donors (Lipinski definition) is 0. The summed E-state index contributed by atoms with van der Waals surface area (Å²) < 4.78 is 60.7. The molecule has 0 N–H and O–H groups in total. The van der Waals surface area contributed by atoms with Gasteiger partial charge in [0.2, 0.25) is 0 Å². The molecule has 0 unspecified atom stereocenters. The molecule has 3 aromatic carbocycles. The van der Waals surface area contributed by atoms with E-state index in [1.54, 1.807) is 24.3 Å². The molecule has 0 radical (unpaired) electrons. The molecular weight excluding hydrogens is 448 g/mol. The summed E-state index contributed by atoms with van der Waals surface area (Å²) in [5.41, 5.74) is 6.22. The van der Waals surface area contributed by atoms with Crippen molar-refractivity contribution in [2.75, 3.05) is 0 Å². The molecule has 0 amide bonds. The monoisotopic (exact) mass is 470 g/mol. The molecule has 0 saturated carbocycles. The van der Waals surface area contributed by atoms with Gasteiger partial charge in [0.25, 0.3) is 0 Å². The molecule has 0 aliphatic rings. The standard InChI is InChI=1S/C26H22F4N2O2/c1-16-3-4-17(2)20(13-16)15-32-24(19-7-11-22(12-8-19)34-26(29)30)14-23(31-32)18-5-9-21(10-6-18)33-25(27)28/h3-14,25-26H,15H2,1-2H3. The van der Waals surface area contributed by atoms with Gasteiger partial charge in [-0.05, 0) is 79.6 Å². The molecule has 4 rings (SSSR count). The lowest BCUT2D eigenvalue weighted by molar-refractivity contribution is -0.0505. The van der Waals surface area contributed by atoms with E-state index in [0.29, 0.717) is 12.2 Å². The Morgan fingerprint density at radius 3 is 1.85 bits per heavy atom. The molecule has 0 bridgehead atoms. The summed E-state index contributed by atoms with van der Waals surface area (Å²) in [7, 11) is 0. The summed E-state index contributed by atoms with van der Waals surface area (Å²) >= 11 is 0. The topological polar surface area (TPSA) is 36.3 Å². The van der Waals surface area contributed by atoms with E-state index in [0.717, 1.165) is 33.5 Å². The molecule has 0 spiro atoms. The van der Waals surface area contributed by atoms with Crippen LogP contribution in [0.15, 0.2) is 72.8 Å². The zero-order valence-electron chi connectivity index (χ0n) is 18.5. The van der Waals surface area contributed by atoms with Gasteiger partial charge in [-0.2, -0.15) is 22.7 Å². The first-order valence-corrected chi connectivity index (χ1v) is 10.5. The van der Waals surface area contributed by atoms with Crippen LogP contribution in [0.1, 0.15) is 16.7 Å². The molecule has 0 aliphatic heterocycles. The predicted molar refractivity (Wildman–Crippen MR) is 121 cm³/mol. The SMILES string of the molecule is Cc1ccc(C)c(Cn2nc(-c3ccc(OC(F)F)cc3)cc2-c2ccc(OC(F)F)cc2)c1. The maximum Gasteiger partial charge on any atom is 0.387 e. The fraction of sp³-hybridized carbons (Fsp3) is 0.192. The summed E-state index contributed by atoms with van der Waals surface area (Å²) in [5, 5.41) is 4.76. The lowest BCUT2D eigenvalue weighted by atomic mass is 10.1. The van der Waals surface area contributed by atoms with Crippen molar-refractivity contribution in [3.8, 4) is 34.0 Å². The number of aromatic nitrogens is 2. The molecule has 0 aliphatic carbocycles. The van der Waals surface area contributed by atoms with Crippen LogP contribution >= 0.6 is 0 Å². The van der Waals surface area contributed by atoms with Crippen molar-refractivity contribution in [2.45, 2.75) is 33.6 Å². The van der Waals surface area contributed by atoms with Crippen molar-refractivity contribution >= 4 is 0 Å². The first-order valence-electron chi connectivity index (χ1n) is 10.5. The van der Waals surface area contributed by atoms with Gasteiger partial charge in [0, 0.05) is 11.1 Å². The molecular formula is C26H22F4N2O2. The lowest BCUT2D eigenvalue weighted by Crippen LogP contribution is -2.06. The van der Waals surface area contributed by atoms with E-state index in [4.69, 9.17) is 5.10 Å². The highest BCUT2D eigenvalue weighted by molar-refractivity contribution is 5.69. The Morgan fingerprint density at radius 2 is 1.29 bits per heavy atom. The largest absolute Gasteiger partial charge is 0.435 e. The van der Waals surface area contributed by atoms with E-state index in [1.165, 1.54) is 24.3 Å². The van der Waals surface area contributed by atoms with Gasteiger partial charge in [-0.3, -0.25) is 4.68 Å². The van der Waals surface area contributed by atoms with Crippen LogP contribution in [0.25, 0.3) is 22.5 Å².